The lowest BCUT2D eigenvalue weighted by atomic mass is 10.3. The van der Waals surface area contributed by atoms with E-state index in [4.69, 9.17) is 0 Å². The predicted molar refractivity (Wildman–Crippen MR) is 93.9 cm³/mol. The summed E-state index contributed by atoms with van der Waals surface area (Å²) in [5.74, 6) is 0. The largest absolute Gasteiger partial charge is 0.385 e. The Hall–Kier alpha value is -1.23. The van der Waals surface area contributed by atoms with Crippen molar-refractivity contribution >= 4 is 34.0 Å². The first-order chi connectivity index (χ1) is 9.26. The van der Waals surface area contributed by atoms with E-state index >= 15 is 0 Å². The molecule has 0 bridgehead atoms. The maximum atomic E-state index is 3.23. The Morgan fingerprint density at radius 1 is 0.737 bits per heavy atom. The summed E-state index contributed by atoms with van der Waals surface area (Å²) in [5.41, 5.74) is 2.39. The summed E-state index contributed by atoms with van der Waals surface area (Å²) in [7, 11) is 0. The van der Waals surface area contributed by atoms with Gasteiger partial charge < -0.3 is 10.6 Å². The lowest BCUT2D eigenvalue weighted by Gasteiger charge is -2.00. The summed E-state index contributed by atoms with van der Waals surface area (Å²) < 4.78 is 1.28. The van der Waals surface area contributed by atoms with Crippen LogP contribution in [0.4, 0.5) is 11.4 Å². The average Bonchev–Trinajstić information content (AvgIpc) is 2.44. The van der Waals surface area contributed by atoms with Gasteiger partial charge in [0, 0.05) is 28.0 Å². The number of nitrogens with one attached hydrogen (secondary N) is 2. The quantitative estimate of drug-likeness (QED) is 0.755. The Morgan fingerprint density at radius 3 is 1.68 bits per heavy atom. The number of hydrogen-bond acceptors (Lipinski definition) is 2. The van der Waals surface area contributed by atoms with Crippen LogP contribution in [0, 0.1) is 3.57 Å². The Kier molecular flexibility index (Phi) is 8.05. The van der Waals surface area contributed by atoms with Crippen LogP contribution in [0.25, 0.3) is 0 Å². The minimum absolute atomic E-state index is 0.987. The third kappa shape index (κ3) is 7.06. The summed E-state index contributed by atoms with van der Waals surface area (Å²) in [4.78, 5) is 0. The maximum Gasteiger partial charge on any atom is 0.0340 e. The van der Waals surface area contributed by atoms with Gasteiger partial charge in [-0.3, -0.25) is 0 Å². The zero-order chi connectivity index (χ0) is 13.9. The van der Waals surface area contributed by atoms with Gasteiger partial charge in [0.25, 0.3) is 0 Å². The fourth-order valence-corrected chi connectivity index (χ4v) is 1.89. The topological polar surface area (TPSA) is 24.1 Å². The molecule has 0 aliphatic rings. The molecule has 0 saturated heterocycles. The zero-order valence-electron chi connectivity index (χ0n) is 11.5. The number of rotatable bonds is 4. The van der Waals surface area contributed by atoms with Crippen LogP contribution in [0.2, 0.25) is 0 Å². The van der Waals surface area contributed by atoms with Crippen LogP contribution in [-0.2, 0) is 0 Å². The normalized spacial score (nSPS) is 9.21. The van der Waals surface area contributed by atoms with E-state index in [1.54, 1.807) is 0 Å². The molecule has 0 aliphatic heterocycles. The summed E-state index contributed by atoms with van der Waals surface area (Å²) >= 11 is 2.30. The highest BCUT2D eigenvalue weighted by atomic mass is 127. The number of halogens is 1. The second kappa shape index (κ2) is 9.67. The smallest absolute Gasteiger partial charge is 0.0340 e. The van der Waals surface area contributed by atoms with E-state index < -0.39 is 0 Å². The van der Waals surface area contributed by atoms with Crippen molar-refractivity contribution in [2.45, 2.75) is 13.8 Å². The van der Waals surface area contributed by atoms with E-state index in [9.17, 15) is 0 Å². The first-order valence-corrected chi connectivity index (χ1v) is 7.62. The predicted octanol–water partition coefficient (Wildman–Crippen LogP) is 4.84. The van der Waals surface area contributed by atoms with E-state index in [-0.39, 0.29) is 0 Å². The minimum Gasteiger partial charge on any atom is -0.385 e. The van der Waals surface area contributed by atoms with Crippen molar-refractivity contribution in [3.8, 4) is 0 Å². The van der Waals surface area contributed by atoms with Crippen LogP contribution in [-0.4, -0.2) is 13.1 Å². The zero-order valence-corrected chi connectivity index (χ0v) is 13.6. The Labute approximate surface area is 129 Å². The van der Waals surface area contributed by atoms with Gasteiger partial charge in [0.2, 0.25) is 0 Å². The van der Waals surface area contributed by atoms with Crippen LogP contribution >= 0.6 is 22.6 Å². The SMILES string of the molecule is CCNc1ccc(I)cc1.CCNc1ccccc1. The van der Waals surface area contributed by atoms with Gasteiger partial charge in [0.1, 0.15) is 0 Å². The maximum absolute atomic E-state index is 3.23. The van der Waals surface area contributed by atoms with Crippen molar-refractivity contribution < 1.29 is 0 Å². The lowest BCUT2D eigenvalue weighted by Crippen LogP contribution is -1.95. The van der Waals surface area contributed by atoms with Gasteiger partial charge in [-0.25, -0.2) is 0 Å². The molecule has 0 atom stereocenters. The number of hydrogen-bond donors (Lipinski definition) is 2. The molecule has 0 spiro atoms. The van der Waals surface area contributed by atoms with Crippen molar-refractivity contribution in [3.05, 3.63) is 58.2 Å². The number of para-hydroxylation sites is 1. The van der Waals surface area contributed by atoms with E-state index in [2.05, 4.69) is 83.5 Å². The second-order valence-corrected chi connectivity index (χ2v) is 5.18. The summed E-state index contributed by atoms with van der Waals surface area (Å²) in [6, 6.07) is 18.6. The molecular formula is C16H21IN2. The fraction of sp³-hybridized carbons (Fsp3) is 0.250. The van der Waals surface area contributed by atoms with Crippen molar-refractivity contribution in [1.82, 2.24) is 0 Å². The van der Waals surface area contributed by atoms with Crippen LogP contribution in [0.1, 0.15) is 13.8 Å². The molecule has 0 aliphatic carbocycles. The van der Waals surface area contributed by atoms with Crippen LogP contribution < -0.4 is 10.6 Å². The summed E-state index contributed by atoms with van der Waals surface area (Å²) in [5, 5.41) is 6.44. The highest BCUT2D eigenvalue weighted by Gasteiger charge is 1.87. The number of benzene rings is 2. The Balaban J connectivity index is 0.000000191. The number of anilines is 2. The molecule has 3 heteroatoms. The van der Waals surface area contributed by atoms with Crippen LogP contribution in [0.15, 0.2) is 54.6 Å². The molecule has 102 valence electrons. The lowest BCUT2D eigenvalue weighted by molar-refractivity contribution is 1.21. The van der Waals surface area contributed by atoms with Gasteiger partial charge in [0.05, 0.1) is 0 Å². The molecule has 0 fully saturated rings. The van der Waals surface area contributed by atoms with Gasteiger partial charge in [-0.1, -0.05) is 18.2 Å². The molecule has 0 saturated carbocycles. The Bertz CT molecular complexity index is 440. The Morgan fingerprint density at radius 2 is 1.21 bits per heavy atom. The highest BCUT2D eigenvalue weighted by Crippen LogP contribution is 2.10. The molecule has 19 heavy (non-hydrogen) atoms. The third-order valence-corrected chi connectivity index (χ3v) is 3.10. The third-order valence-electron chi connectivity index (χ3n) is 2.38. The van der Waals surface area contributed by atoms with E-state index in [1.165, 1.54) is 14.9 Å². The molecule has 2 aromatic carbocycles. The second-order valence-electron chi connectivity index (χ2n) is 3.93. The van der Waals surface area contributed by atoms with E-state index in [0.717, 1.165) is 13.1 Å². The summed E-state index contributed by atoms with van der Waals surface area (Å²) in [6.07, 6.45) is 0. The molecule has 2 N–H and O–H groups in total. The van der Waals surface area contributed by atoms with Gasteiger partial charge in [0.15, 0.2) is 0 Å². The van der Waals surface area contributed by atoms with Crippen molar-refractivity contribution in [2.24, 2.45) is 0 Å². The van der Waals surface area contributed by atoms with Gasteiger partial charge in [-0.05, 0) is 72.8 Å². The van der Waals surface area contributed by atoms with Gasteiger partial charge in [-0.15, -0.1) is 0 Å². The molecule has 2 aromatic rings. The monoisotopic (exact) mass is 368 g/mol. The van der Waals surface area contributed by atoms with Gasteiger partial charge in [-0.2, -0.15) is 0 Å². The van der Waals surface area contributed by atoms with Crippen LogP contribution in [0.3, 0.4) is 0 Å². The molecule has 0 amide bonds. The molecule has 2 nitrogen and oxygen atoms in total. The first kappa shape index (κ1) is 15.8. The average molecular weight is 368 g/mol. The van der Waals surface area contributed by atoms with Crippen molar-refractivity contribution in [2.75, 3.05) is 23.7 Å². The van der Waals surface area contributed by atoms with E-state index in [0.29, 0.717) is 0 Å². The summed E-state index contributed by atoms with van der Waals surface area (Å²) in [6.45, 7) is 6.16. The van der Waals surface area contributed by atoms with Crippen LogP contribution in [0.5, 0.6) is 0 Å². The standard InChI is InChI=1S/C8H10IN.C8H11N/c1-2-10-8-5-3-7(9)4-6-8;1-2-9-8-6-4-3-5-7-8/h3-6,10H,2H2,1H3;3-7,9H,2H2,1H3. The van der Waals surface area contributed by atoms with E-state index in [1.807, 2.05) is 18.2 Å². The molecule has 2 rings (SSSR count). The molecule has 0 aromatic heterocycles. The molecule has 0 radical (unpaired) electrons. The fourth-order valence-electron chi connectivity index (χ4n) is 1.53. The molecule has 0 unspecified atom stereocenters. The molecular weight excluding hydrogens is 347 g/mol. The van der Waals surface area contributed by atoms with Crippen molar-refractivity contribution in [3.63, 3.8) is 0 Å². The van der Waals surface area contributed by atoms with Crippen molar-refractivity contribution in [1.29, 1.82) is 0 Å². The minimum atomic E-state index is 0.987. The first-order valence-electron chi connectivity index (χ1n) is 6.54. The van der Waals surface area contributed by atoms with Gasteiger partial charge >= 0.3 is 0 Å². The highest BCUT2D eigenvalue weighted by molar-refractivity contribution is 14.1. The molecule has 0 heterocycles.